The first-order chi connectivity index (χ1) is 16.0. The van der Waals surface area contributed by atoms with Crippen LogP contribution >= 0.6 is 0 Å². The Hall–Kier alpha value is -2.41. The Labute approximate surface area is 196 Å². The number of hydrogen-bond donors (Lipinski definition) is 1. The molecule has 1 unspecified atom stereocenters. The zero-order valence-corrected chi connectivity index (χ0v) is 20.1. The maximum absolute atomic E-state index is 13.0. The largest absolute Gasteiger partial charge is 0.329 e. The van der Waals surface area contributed by atoms with Gasteiger partial charge in [-0.25, -0.2) is 4.79 Å². The first-order valence-electron chi connectivity index (χ1n) is 12.6. The molecule has 180 valence electrons. The quantitative estimate of drug-likeness (QED) is 0.617. The molecule has 7 heteroatoms. The number of imide groups is 1. The fourth-order valence-corrected chi connectivity index (χ4v) is 5.85. The van der Waals surface area contributed by atoms with E-state index in [1.54, 1.807) is 9.13 Å². The van der Waals surface area contributed by atoms with Crippen LogP contribution < -0.4 is 11.0 Å². The summed E-state index contributed by atoms with van der Waals surface area (Å²) in [5.74, 6) is 1.12. The summed E-state index contributed by atoms with van der Waals surface area (Å²) in [7, 11) is 1.82. The minimum absolute atomic E-state index is 0.0623. The number of fused-ring (bicyclic) bond motifs is 1. The number of piperidine rings is 1. The van der Waals surface area contributed by atoms with Crippen LogP contribution in [0.4, 0.5) is 0 Å². The topological polar surface area (TPSA) is 76.3 Å². The highest BCUT2D eigenvalue weighted by atomic mass is 16.2. The minimum atomic E-state index is -0.317. The summed E-state index contributed by atoms with van der Waals surface area (Å²) < 4.78 is 3.50. The van der Waals surface area contributed by atoms with Crippen molar-refractivity contribution in [3.05, 3.63) is 34.2 Å². The third kappa shape index (κ3) is 5.40. The fourth-order valence-electron chi connectivity index (χ4n) is 5.85. The van der Waals surface area contributed by atoms with E-state index in [-0.39, 0.29) is 24.1 Å². The molecule has 1 atom stereocenters. The fraction of sp³-hybridized carbons (Fsp3) is 0.654. The number of amides is 2. The third-order valence-electron chi connectivity index (χ3n) is 7.86. The molecule has 7 nitrogen and oxygen atoms in total. The monoisotopic (exact) mass is 454 g/mol. The minimum Gasteiger partial charge on any atom is -0.303 e. The van der Waals surface area contributed by atoms with Gasteiger partial charge in [-0.15, -0.1) is 0 Å². The molecule has 1 saturated heterocycles. The van der Waals surface area contributed by atoms with E-state index < -0.39 is 0 Å². The predicted molar refractivity (Wildman–Crippen MR) is 130 cm³/mol. The second-order valence-corrected chi connectivity index (χ2v) is 10.1. The predicted octanol–water partition coefficient (Wildman–Crippen LogP) is 3.71. The Balaban J connectivity index is 1.43. The van der Waals surface area contributed by atoms with Crippen LogP contribution in [-0.2, 0) is 16.6 Å². The molecule has 2 heterocycles. The van der Waals surface area contributed by atoms with Gasteiger partial charge in [0.1, 0.15) is 0 Å². The van der Waals surface area contributed by atoms with Crippen LogP contribution in [0.3, 0.4) is 0 Å². The Morgan fingerprint density at radius 3 is 2.55 bits per heavy atom. The van der Waals surface area contributed by atoms with Crippen molar-refractivity contribution in [1.82, 2.24) is 19.4 Å². The average Bonchev–Trinajstić information content (AvgIpc) is 3.08. The molecule has 2 aliphatic rings. The summed E-state index contributed by atoms with van der Waals surface area (Å²) in [4.78, 5) is 37.7. The van der Waals surface area contributed by atoms with Crippen LogP contribution in [0.15, 0.2) is 23.0 Å². The second-order valence-electron chi connectivity index (χ2n) is 10.1. The van der Waals surface area contributed by atoms with Crippen LogP contribution in [0, 0.1) is 5.92 Å². The SMILES string of the molecule is CC(CCC(=O)NC=O)n1c(=O)n(C)c2cc(C3CCN(CC4CCCCC4)CC3)ccc21. The van der Waals surface area contributed by atoms with Gasteiger partial charge in [-0.1, -0.05) is 25.3 Å². The second kappa shape index (κ2) is 10.7. The van der Waals surface area contributed by atoms with Gasteiger partial charge in [0.2, 0.25) is 12.3 Å². The maximum atomic E-state index is 13.0. The Morgan fingerprint density at radius 2 is 1.85 bits per heavy atom. The van der Waals surface area contributed by atoms with Crippen LogP contribution in [0.2, 0.25) is 0 Å². The molecule has 1 aliphatic carbocycles. The number of carbonyl (C=O) groups excluding carboxylic acids is 2. The lowest BCUT2D eigenvalue weighted by Crippen LogP contribution is -2.37. The van der Waals surface area contributed by atoms with Crippen molar-refractivity contribution in [3.8, 4) is 0 Å². The molecule has 4 rings (SSSR count). The number of aromatic nitrogens is 2. The number of rotatable bonds is 8. The maximum Gasteiger partial charge on any atom is 0.329 e. The molecule has 0 spiro atoms. The van der Waals surface area contributed by atoms with E-state index >= 15 is 0 Å². The van der Waals surface area contributed by atoms with Crippen molar-refractivity contribution in [3.63, 3.8) is 0 Å². The lowest BCUT2D eigenvalue weighted by molar-refractivity contribution is -0.125. The van der Waals surface area contributed by atoms with E-state index in [2.05, 4.69) is 28.4 Å². The molecule has 1 aromatic heterocycles. The number of likely N-dealkylation sites (tertiary alicyclic amines) is 1. The molecular weight excluding hydrogens is 416 g/mol. The molecule has 1 saturated carbocycles. The summed E-state index contributed by atoms with van der Waals surface area (Å²) in [6, 6.07) is 6.32. The van der Waals surface area contributed by atoms with Crippen LogP contribution in [0.1, 0.15) is 82.2 Å². The number of imidazole rings is 1. The van der Waals surface area contributed by atoms with Gasteiger partial charge < -0.3 is 4.90 Å². The molecule has 1 aliphatic heterocycles. The highest BCUT2D eigenvalue weighted by molar-refractivity contribution is 5.85. The van der Waals surface area contributed by atoms with Crippen molar-refractivity contribution in [2.45, 2.75) is 76.7 Å². The Bertz CT molecular complexity index is 1030. The van der Waals surface area contributed by atoms with Crippen molar-refractivity contribution < 1.29 is 9.59 Å². The van der Waals surface area contributed by atoms with Gasteiger partial charge in [-0.05, 0) is 81.6 Å². The van der Waals surface area contributed by atoms with Gasteiger partial charge in [-0.3, -0.25) is 24.0 Å². The van der Waals surface area contributed by atoms with E-state index in [9.17, 15) is 14.4 Å². The number of hydrogen-bond acceptors (Lipinski definition) is 4. The van der Waals surface area contributed by atoms with E-state index in [0.29, 0.717) is 18.7 Å². The van der Waals surface area contributed by atoms with Gasteiger partial charge in [-0.2, -0.15) is 0 Å². The van der Waals surface area contributed by atoms with Crippen molar-refractivity contribution in [2.75, 3.05) is 19.6 Å². The van der Waals surface area contributed by atoms with Gasteiger partial charge >= 0.3 is 5.69 Å². The average molecular weight is 455 g/mol. The standard InChI is InChI=1S/C26H38N4O3/c1-19(8-11-25(32)27-18-31)30-23-10-9-22(16-24(23)28(2)26(30)33)21-12-14-29(15-13-21)17-20-6-4-3-5-7-20/h9-10,16,18-21H,3-8,11-15,17H2,1-2H3,(H,27,31,32). The molecule has 0 radical (unpaired) electrons. The van der Waals surface area contributed by atoms with Gasteiger partial charge in [0.15, 0.2) is 0 Å². The lowest BCUT2D eigenvalue weighted by Gasteiger charge is -2.35. The normalized spacial score (nSPS) is 19.6. The van der Waals surface area contributed by atoms with Crippen LogP contribution in [-0.4, -0.2) is 46.0 Å². The molecule has 33 heavy (non-hydrogen) atoms. The third-order valence-corrected chi connectivity index (χ3v) is 7.86. The zero-order chi connectivity index (χ0) is 23.4. The molecule has 0 bridgehead atoms. The summed E-state index contributed by atoms with van der Waals surface area (Å²) in [6.45, 7) is 5.55. The van der Waals surface area contributed by atoms with E-state index in [4.69, 9.17) is 0 Å². The number of aryl methyl sites for hydroxylation is 1. The molecule has 2 fully saturated rings. The Kier molecular flexibility index (Phi) is 7.68. The number of benzene rings is 1. The zero-order valence-electron chi connectivity index (χ0n) is 20.1. The number of carbonyl (C=O) groups is 2. The van der Waals surface area contributed by atoms with Crippen molar-refractivity contribution in [2.24, 2.45) is 13.0 Å². The summed E-state index contributed by atoms with van der Waals surface area (Å²) in [6.07, 6.45) is 10.5. The van der Waals surface area contributed by atoms with Crippen molar-refractivity contribution in [1.29, 1.82) is 0 Å². The molecule has 2 aromatic rings. The Morgan fingerprint density at radius 1 is 1.12 bits per heavy atom. The summed E-state index contributed by atoms with van der Waals surface area (Å²) in [5.41, 5.74) is 3.12. The van der Waals surface area contributed by atoms with E-state index in [0.717, 1.165) is 17.0 Å². The molecule has 1 aromatic carbocycles. The smallest absolute Gasteiger partial charge is 0.303 e. The summed E-state index contributed by atoms with van der Waals surface area (Å²) >= 11 is 0. The van der Waals surface area contributed by atoms with Crippen molar-refractivity contribution >= 4 is 23.4 Å². The van der Waals surface area contributed by atoms with Crippen LogP contribution in [0.25, 0.3) is 11.0 Å². The first kappa shape index (κ1) is 23.7. The number of nitrogens with zero attached hydrogens (tertiary/aromatic N) is 3. The van der Waals surface area contributed by atoms with Gasteiger partial charge in [0.25, 0.3) is 0 Å². The first-order valence-corrected chi connectivity index (χ1v) is 12.6. The highest BCUT2D eigenvalue weighted by Gasteiger charge is 2.25. The lowest BCUT2D eigenvalue weighted by atomic mass is 9.86. The van der Waals surface area contributed by atoms with E-state index in [1.807, 2.05) is 14.0 Å². The van der Waals surface area contributed by atoms with E-state index in [1.165, 1.54) is 70.1 Å². The summed E-state index contributed by atoms with van der Waals surface area (Å²) in [5, 5.41) is 2.16. The van der Waals surface area contributed by atoms with Crippen LogP contribution in [0.5, 0.6) is 0 Å². The molecule has 1 N–H and O–H groups in total. The molecule has 2 amide bonds. The highest BCUT2D eigenvalue weighted by Crippen LogP contribution is 2.32. The number of nitrogens with one attached hydrogen (secondary N) is 1. The van der Waals surface area contributed by atoms with Gasteiger partial charge in [0, 0.05) is 26.1 Å². The van der Waals surface area contributed by atoms with Gasteiger partial charge in [0.05, 0.1) is 11.0 Å². The molecular formula is C26H38N4O3.